The number of nitrogens with one attached hydrogen (secondary N) is 1. The Morgan fingerprint density at radius 1 is 1.50 bits per heavy atom. The van der Waals surface area contributed by atoms with Crippen molar-refractivity contribution < 1.29 is 14.7 Å². The topological polar surface area (TPSA) is 66.4 Å². The van der Waals surface area contributed by atoms with Gasteiger partial charge in [0, 0.05) is 9.75 Å². The number of carboxylic acid groups (broad SMARTS) is 1. The van der Waals surface area contributed by atoms with Gasteiger partial charge >= 0.3 is 5.97 Å². The first-order valence-corrected chi connectivity index (χ1v) is 6.53. The molecule has 5 heteroatoms. The fourth-order valence-corrected chi connectivity index (χ4v) is 2.37. The van der Waals surface area contributed by atoms with Crippen LogP contribution in [-0.2, 0) is 16.0 Å². The maximum atomic E-state index is 11.7. The first-order valence-electron chi connectivity index (χ1n) is 5.71. The second-order valence-electron chi connectivity index (χ2n) is 3.95. The minimum Gasteiger partial charge on any atom is -0.480 e. The number of carboxylic acids is 1. The van der Waals surface area contributed by atoms with Crippen LogP contribution in [-0.4, -0.2) is 23.0 Å². The summed E-state index contributed by atoms with van der Waals surface area (Å²) in [7, 11) is 0. The van der Waals surface area contributed by atoms with Crippen LogP contribution in [0.5, 0.6) is 0 Å². The number of aryl methyl sites for hydroxylation is 1. The number of carbonyl (C=O) groups excluding carboxylic acids is 1. The molecule has 4 nitrogen and oxygen atoms in total. The van der Waals surface area contributed by atoms with Gasteiger partial charge in [-0.3, -0.25) is 4.79 Å². The highest BCUT2D eigenvalue weighted by Gasteiger charge is 2.18. The van der Waals surface area contributed by atoms with Crippen molar-refractivity contribution in [1.29, 1.82) is 0 Å². The molecule has 0 spiro atoms. The summed E-state index contributed by atoms with van der Waals surface area (Å²) in [6.07, 6.45) is 4.04. The smallest absolute Gasteiger partial charge is 0.326 e. The van der Waals surface area contributed by atoms with E-state index in [1.807, 2.05) is 26.0 Å². The molecule has 1 unspecified atom stereocenters. The van der Waals surface area contributed by atoms with Crippen LogP contribution in [0.1, 0.15) is 23.1 Å². The number of allylic oxidation sites excluding steroid dienone is 1. The minimum atomic E-state index is -1.01. The summed E-state index contributed by atoms with van der Waals surface area (Å²) >= 11 is 1.55. The SMILES string of the molecule is C/C=C/CC(NC(=O)Cc1ccc(C)s1)C(=O)O. The summed E-state index contributed by atoms with van der Waals surface area (Å²) in [6, 6.07) is 2.98. The monoisotopic (exact) mass is 267 g/mol. The Kier molecular flexibility index (Phi) is 5.58. The highest BCUT2D eigenvalue weighted by Crippen LogP contribution is 2.15. The second-order valence-corrected chi connectivity index (χ2v) is 5.32. The fraction of sp³-hybridized carbons (Fsp3) is 0.385. The van der Waals surface area contributed by atoms with E-state index in [1.54, 1.807) is 23.5 Å². The summed E-state index contributed by atoms with van der Waals surface area (Å²) in [6.45, 7) is 3.79. The van der Waals surface area contributed by atoms with Crippen LogP contribution in [0.4, 0.5) is 0 Å². The predicted octanol–water partition coefficient (Wildman–Crippen LogP) is 2.13. The standard InChI is InChI=1S/C13H17NO3S/c1-3-4-5-11(13(16)17)14-12(15)8-10-7-6-9(2)18-10/h3-4,6-7,11H,5,8H2,1-2H3,(H,14,15)(H,16,17)/b4-3+. The minimum absolute atomic E-state index is 0.234. The highest BCUT2D eigenvalue weighted by atomic mass is 32.1. The molecule has 0 aromatic carbocycles. The molecule has 1 amide bonds. The maximum absolute atomic E-state index is 11.7. The van der Waals surface area contributed by atoms with Gasteiger partial charge in [0.05, 0.1) is 6.42 Å². The molecule has 0 saturated carbocycles. The van der Waals surface area contributed by atoms with Gasteiger partial charge in [-0.2, -0.15) is 0 Å². The molecule has 1 aromatic heterocycles. The number of amides is 1. The number of hydrogen-bond acceptors (Lipinski definition) is 3. The fourth-order valence-electron chi connectivity index (χ4n) is 1.48. The lowest BCUT2D eigenvalue weighted by molar-refractivity contribution is -0.141. The first kappa shape index (κ1) is 14.4. The molecular formula is C13H17NO3S. The van der Waals surface area contributed by atoms with Gasteiger partial charge in [-0.25, -0.2) is 4.79 Å². The zero-order valence-electron chi connectivity index (χ0n) is 10.5. The number of thiophene rings is 1. The van der Waals surface area contributed by atoms with Gasteiger partial charge in [0.15, 0.2) is 0 Å². The van der Waals surface area contributed by atoms with E-state index in [-0.39, 0.29) is 12.3 Å². The highest BCUT2D eigenvalue weighted by molar-refractivity contribution is 7.12. The molecule has 0 aliphatic heterocycles. The van der Waals surface area contributed by atoms with Gasteiger partial charge in [0.2, 0.25) is 5.91 Å². The quantitative estimate of drug-likeness (QED) is 0.776. The van der Waals surface area contributed by atoms with Crippen molar-refractivity contribution in [3.8, 4) is 0 Å². The average molecular weight is 267 g/mol. The van der Waals surface area contributed by atoms with E-state index in [0.29, 0.717) is 6.42 Å². The Morgan fingerprint density at radius 3 is 2.72 bits per heavy atom. The van der Waals surface area contributed by atoms with Gasteiger partial charge in [0.1, 0.15) is 6.04 Å². The molecule has 1 aromatic rings. The molecule has 98 valence electrons. The van der Waals surface area contributed by atoms with Crippen LogP contribution in [0.15, 0.2) is 24.3 Å². The zero-order chi connectivity index (χ0) is 13.5. The van der Waals surface area contributed by atoms with E-state index < -0.39 is 12.0 Å². The molecule has 0 saturated heterocycles. The number of carbonyl (C=O) groups is 2. The van der Waals surface area contributed by atoms with Gasteiger partial charge in [-0.15, -0.1) is 11.3 Å². The predicted molar refractivity (Wildman–Crippen MR) is 71.8 cm³/mol. The molecule has 0 bridgehead atoms. The van der Waals surface area contributed by atoms with Crippen molar-refractivity contribution in [1.82, 2.24) is 5.32 Å². The Labute approximate surface area is 110 Å². The van der Waals surface area contributed by atoms with Crippen molar-refractivity contribution >= 4 is 23.2 Å². The summed E-state index contributed by atoms with van der Waals surface area (Å²) in [5.41, 5.74) is 0. The summed E-state index contributed by atoms with van der Waals surface area (Å²) < 4.78 is 0. The Hall–Kier alpha value is -1.62. The van der Waals surface area contributed by atoms with E-state index in [0.717, 1.165) is 9.75 Å². The van der Waals surface area contributed by atoms with Crippen LogP contribution in [0.25, 0.3) is 0 Å². The third kappa shape index (κ3) is 4.71. The zero-order valence-corrected chi connectivity index (χ0v) is 11.3. The van der Waals surface area contributed by atoms with Gasteiger partial charge < -0.3 is 10.4 Å². The molecule has 0 aliphatic rings. The van der Waals surface area contributed by atoms with Gasteiger partial charge in [0.25, 0.3) is 0 Å². The molecule has 18 heavy (non-hydrogen) atoms. The van der Waals surface area contributed by atoms with Gasteiger partial charge in [-0.1, -0.05) is 12.2 Å². The Bertz CT molecular complexity index is 451. The average Bonchev–Trinajstić information content (AvgIpc) is 2.69. The lowest BCUT2D eigenvalue weighted by Crippen LogP contribution is -2.41. The molecule has 0 aliphatic carbocycles. The first-order chi connectivity index (χ1) is 8.52. The lowest BCUT2D eigenvalue weighted by atomic mass is 10.2. The number of hydrogen-bond donors (Lipinski definition) is 2. The molecule has 0 fully saturated rings. The van der Waals surface area contributed by atoms with Crippen LogP contribution >= 0.6 is 11.3 Å². The normalized spacial score (nSPS) is 12.6. The summed E-state index contributed by atoms with van der Waals surface area (Å²) in [5.74, 6) is -1.27. The molecule has 1 atom stereocenters. The van der Waals surface area contributed by atoms with E-state index in [1.165, 1.54) is 0 Å². The van der Waals surface area contributed by atoms with Crippen molar-refractivity contribution in [2.75, 3.05) is 0 Å². The molecule has 1 heterocycles. The second kappa shape index (κ2) is 6.96. The van der Waals surface area contributed by atoms with E-state index in [4.69, 9.17) is 5.11 Å². The van der Waals surface area contributed by atoms with Crippen LogP contribution in [0, 0.1) is 6.92 Å². The third-order valence-electron chi connectivity index (χ3n) is 2.37. The van der Waals surface area contributed by atoms with Crippen LogP contribution < -0.4 is 5.32 Å². The van der Waals surface area contributed by atoms with E-state index in [2.05, 4.69) is 5.32 Å². The summed E-state index contributed by atoms with van der Waals surface area (Å²) in [4.78, 5) is 24.7. The molecular weight excluding hydrogens is 250 g/mol. The van der Waals surface area contributed by atoms with E-state index >= 15 is 0 Å². The van der Waals surface area contributed by atoms with Crippen LogP contribution in [0.3, 0.4) is 0 Å². The number of rotatable bonds is 6. The molecule has 2 N–H and O–H groups in total. The maximum Gasteiger partial charge on any atom is 0.326 e. The van der Waals surface area contributed by atoms with Crippen molar-refractivity contribution in [3.05, 3.63) is 34.0 Å². The Morgan fingerprint density at radius 2 is 2.22 bits per heavy atom. The molecule has 1 rings (SSSR count). The van der Waals surface area contributed by atoms with Crippen LogP contribution in [0.2, 0.25) is 0 Å². The number of aliphatic carboxylic acids is 1. The Balaban J connectivity index is 2.53. The van der Waals surface area contributed by atoms with E-state index in [9.17, 15) is 9.59 Å². The van der Waals surface area contributed by atoms with Crippen molar-refractivity contribution in [3.63, 3.8) is 0 Å². The van der Waals surface area contributed by atoms with Crippen molar-refractivity contribution in [2.45, 2.75) is 32.7 Å². The third-order valence-corrected chi connectivity index (χ3v) is 3.37. The van der Waals surface area contributed by atoms with Crippen molar-refractivity contribution in [2.24, 2.45) is 0 Å². The largest absolute Gasteiger partial charge is 0.480 e. The lowest BCUT2D eigenvalue weighted by Gasteiger charge is -2.12. The van der Waals surface area contributed by atoms with Gasteiger partial charge in [-0.05, 0) is 32.4 Å². The molecule has 0 radical (unpaired) electrons. The summed E-state index contributed by atoms with van der Waals surface area (Å²) in [5, 5.41) is 11.5.